The Labute approximate surface area is 324 Å². The zero-order chi connectivity index (χ0) is 38.8. The highest BCUT2D eigenvalue weighted by atomic mass is 16.8. The lowest BCUT2D eigenvalue weighted by molar-refractivity contribution is -0.252. The maximum absolute atomic E-state index is 14.5. The second-order valence-corrected chi connectivity index (χ2v) is 14.9. The van der Waals surface area contributed by atoms with Gasteiger partial charge < -0.3 is 38.9 Å². The average Bonchev–Trinajstić information content (AvgIpc) is 3.22. The molecule has 2 fully saturated rings. The minimum absolute atomic E-state index is 0.0881. The van der Waals surface area contributed by atoms with Gasteiger partial charge in [0.15, 0.2) is 0 Å². The Bertz CT molecular complexity index is 1750. The first-order valence-corrected chi connectivity index (χ1v) is 19.8. The molecule has 2 aliphatic carbocycles. The molecule has 6 rings (SSSR count). The standard InChI is InChI=1S/C44H55N3O8/c1-4-23-51-33-19-20-38-36(27-33)41-34(13-7-10-22-49)32(12-6-9-21-48)26-35-37(46-55-40-14-8-11-25-52-40)28-39(44(54-38,42(35)41)53-24-5-2)47(3)43(50)31-17-15-30(29-45)16-18-31/h4-5,15-20,26-27,32,34,39-42,48-49H,1-2,6-14,21-25,28H2,3H3. The summed E-state index contributed by atoms with van der Waals surface area (Å²) >= 11 is 0. The Morgan fingerprint density at radius 2 is 1.82 bits per heavy atom. The number of unbranched alkanes of at least 4 members (excludes halogenated alkanes) is 2. The second-order valence-electron chi connectivity index (χ2n) is 14.9. The average molecular weight is 754 g/mol. The van der Waals surface area contributed by atoms with Gasteiger partial charge in [-0.25, -0.2) is 0 Å². The summed E-state index contributed by atoms with van der Waals surface area (Å²) in [5, 5.41) is 34.0. The number of rotatable bonds is 18. The molecule has 55 heavy (non-hydrogen) atoms. The molecule has 2 N–H and O–H groups in total. The van der Waals surface area contributed by atoms with Gasteiger partial charge in [-0.05, 0) is 98.4 Å². The third kappa shape index (κ3) is 8.68. The lowest BCUT2D eigenvalue weighted by atomic mass is 9.55. The van der Waals surface area contributed by atoms with E-state index in [9.17, 15) is 20.3 Å². The SMILES string of the molecule is C=CCOc1ccc2c(c1)C1C(CCCCO)C(CCCCO)C=C3C(=NOC4CCCCO4)CC(N(C)C(=O)c4ccc(C#N)cc4)C(OCC=C)(O2)C31. The molecule has 2 aliphatic heterocycles. The summed E-state index contributed by atoms with van der Waals surface area (Å²) in [6.07, 6.45) is 12.9. The maximum atomic E-state index is 14.5. The van der Waals surface area contributed by atoms with Crippen molar-refractivity contribution in [1.29, 1.82) is 5.26 Å². The predicted octanol–water partition coefficient (Wildman–Crippen LogP) is 7.06. The molecular weight excluding hydrogens is 698 g/mol. The van der Waals surface area contributed by atoms with Gasteiger partial charge in [-0.15, -0.1) is 6.58 Å². The van der Waals surface area contributed by atoms with Crippen molar-refractivity contribution in [2.75, 3.05) is 40.1 Å². The molecule has 0 radical (unpaired) electrons. The van der Waals surface area contributed by atoms with E-state index in [-0.39, 0.29) is 49.9 Å². The molecular formula is C44H55N3O8. The van der Waals surface area contributed by atoms with Gasteiger partial charge in [0.2, 0.25) is 12.1 Å². The van der Waals surface area contributed by atoms with Crippen LogP contribution in [-0.4, -0.2) is 84.9 Å². The van der Waals surface area contributed by atoms with Crippen LogP contribution in [0.3, 0.4) is 0 Å². The Balaban J connectivity index is 1.56. The fraction of sp³-hybridized carbons (Fsp3) is 0.523. The number of amides is 1. The predicted molar refractivity (Wildman–Crippen MR) is 209 cm³/mol. The first kappa shape index (κ1) is 40.2. The Hall–Kier alpha value is -4.47. The summed E-state index contributed by atoms with van der Waals surface area (Å²) in [5.74, 6) is -0.701. The van der Waals surface area contributed by atoms with E-state index < -0.39 is 24.0 Å². The van der Waals surface area contributed by atoms with Gasteiger partial charge in [0.1, 0.15) is 24.1 Å². The van der Waals surface area contributed by atoms with E-state index >= 15 is 0 Å². The van der Waals surface area contributed by atoms with Crippen LogP contribution in [0.5, 0.6) is 11.5 Å². The number of benzene rings is 2. The highest BCUT2D eigenvalue weighted by molar-refractivity contribution is 6.03. The van der Waals surface area contributed by atoms with Crippen LogP contribution in [0.2, 0.25) is 0 Å². The molecule has 0 bridgehead atoms. The van der Waals surface area contributed by atoms with E-state index in [0.717, 1.165) is 56.1 Å². The molecule has 2 heterocycles. The fourth-order valence-electron chi connectivity index (χ4n) is 8.92. The number of hydrogen-bond acceptors (Lipinski definition) is 10. The number of carbonyl (C=O) groups is 1. The Morgan fingerprint density at radius 1 is 1.05 bits per heavy atom. The van der Waals surface area contributed by atoms with Gasteiger partial charge in [0.05, 0.1) is 36.5 Å². The number of nitriles is 1. The van der Waals surface area contributed by atoms with E-state index in [1.807, 2.05) is 12.1 Å². The second kappa shape index (κ2) is 18.9. The fourth-order valence-corrected chi connectivity index (χ4v) is 8.92. The third-order valence-electron chi connectivity index (χ3n) is 11.5. The summed E-state index contributed by atoms with van der Waals surface area (Å²) < 4.78 is 26.2. The van der Waals surface area contributed by atoms with E-state index in [0.29, 0.717) is 54.4 Å². The summed E-state index contributed by atoms with van der Waals surface area (Å²) in [4.78, 5) is 22.3. The van der Waals surface area contributed by atoms with Crippen LogP contribution in [0.1, 0.15) is 91.6 Å². The zero-order valence-corrected chi connectivity index (χ0v) is 31.9. The lowest BCUT2D eigenvalue weighted by Crippen LogP contribution is -2.69. The smallest absolute Gasteiger partial charge is 0.254 e. The Morgan fingerprint density at radius 3 is 2.51 bits per heavy atom. The van der Waals surface area contributed by atoms with Crippen molar-refractivity contribution in [2.45, 2.75) is 88.2 Å². The van der Waals surface area contributed by atoms with Gasteiger partial charge in [-0.3, -0.25) is 4.79 Å². The molecule has 0 spiro atoms. The summed E-state index contributed by atoms with van der Waals surface area (Å²) in [6, 6.07) is 13.9. The first-order valence-electron chi connectivity index (χ1n) is 19.8. The molecule has 1 amide bonds. The molecule has 7 atom stereocenters. The van der Waals surface area contributed by atoms with Crippen molar-refractivity contribution in [2.24, 2.45) is 22.9 Å². The van der Waals surface area contributed by atoms with Gasteiger partial charge >= 0.3 is 0 Å². The number of ether oxygens (including phenoxy) is 4. The minimum atomic E-state index is -1.37. The van der Waals surface area contributed by atoms with Crippen molar-refractivity contribution in [3.8, 4) is 17.6 Å². The van der Waals surface area contributed by atoms with Crippen molar-refractivity contribution < 1.29 is 38.8 Å². The number of hydrogen-bond donors (Lipinski definition) is 2. The molecule has 0 aromatic heterocycles. The van der Waals surface area contributed by atoms with Crippen LogP contribution in [0.4, 0.5) is 0 Å². The molecule has 294 valence electrons. The molecule has 2 aromatic carbocycles. The van der Waals surface area contributed by atoms with E-state index in [2.05, 4.69) is 31.4 Å². The normalized spacial score (nSPS) is 27.4. The first-order chi connectivity index (χ1) is 26.9. The van der Waals surface area contributed by atoms with E-state index in [4.69, 9.17) is 28.9 Å². The molecule has 1 saturated heterocycles. The number of nitrogens with zero attached hydrogens (tertiary/aromatic N) is 3. The number of aliphatic hydroxyl groups excluding tert-OH is 2. The molecule has 4 aliphatic rings. The van der Waals surface area contributed by atoms with E-state index in [1.54, 1.807) is 48.4 Å². The largest absolute Gasteiger partial charge is 0.490 e. The van der Waals surface area contributed by atoms with E-state index in [1.165, 1.54) is 0 Å². The highest BCUT2D eigenvalue weighted by Crippen LogP contribution is 2.62. The van der Waals surface area contributed by atoms with Gasteiger partial charge in [-0.2, -0.15) is 5.26 Å². The number of likely N-dealkylation sites (N-methyl/N-ethyl adjacent to an activating group) is 1. The van der Waals surface area contributed by atoms with Crippen LogP contribution < -0.4 is 9.47 Å². The zero-order valence-electron chi connectivity index (χ0n) is 31.9. The molecule has 7 unspecified atom stereocenters. The maximum Gasteiger partial charge on any atom is 0.254 e. The number of carbonyl (C=O) groups excluding carboxylic acids is 1. The summed E-state index contributed by atoms with van der Waals surface area (Å²) in [7, 11) is 1.76. The summed E-state index contributed by atoms with van der Waals surface area (Å²) in [6.45, 7) is 9.16. The van der Waals surface area contributed by atoms with Crippen molar-refractivity contribution >= 4 is 11.6 Å². The number of allylic oxidation sites excluding steroid dienone is 1. The Kier molecular flexibility index (Phi) is 13.8. The van der Waals surface area contributed by atoms with Gasteiger partial charge in [-0.1, -0.05) is 42.8 Å². The lowest BCUT2D eigenvalue weighted by Gasteiger charge is -2.59. The monoisotopic (exact) mass is 753 g/mol. The van der Waals surface area contributed by atoms with Crippen LogP contribution >= 0.6 is 0 Å². The quantitative estimate of drug-likeness (QED) is 0.0930. The van der Waals surface area contributed by atoms with Crippen molar-refractivity contribution in [3.63, 3.8) is 0 Å². The topological polar surface area (TPSA) is 143 Å². The minimum Gasteiger partial charge on any atom is -0.490 e. The van der Waals surface area contributed by atoms with Gasteiger partial charge in [0.25, 0.3) is 5.91 Å². The van der Waals surface area contributed by atoms with Crippen molar-refractivity contribution in [1.82, 2.24) is 4.90 Å². The van der Waals surface area contributed by atoms with Crippen LogP contribution in [-0.2, 0) is 14.3 Å². The van der Waals surface area contributed by atoms with Crippen molar-refractivity contribution in [3.05, 3.63) is 96.1 Å². The number of fused-ring (bicyclic) bond motifs is 2. The van der Waals surface area contributed by atoms with Crippen LogP contribution in [0.15, 0.2) is 84.6 Å². The number of oxime groups is 1. The molecule has 11 nitrogen and oxygen atoms in total. The molecule has 1 saturated carbocycles. The van der Waals surface area contributed by atoms with Crippen LogP contribution in [0.25, 0.3) is 0 Å². The highest BCUT2D eigenvalue weighted by Gasteiger charge is 2.65. The number of aliphatic hydroxyl groups is 2. The molecule has 2 aromatic rings. The van der Waals surface area contributed by atoms with Crippen LogP contribution in [0, 0.1) is 29.1 Å². The molecule has 11 heteroatoms. The van der Waals surface area contributed by atoms with Gasteiger partial charge in [0, 0.05) is 50.1 Å². The third-order valence-corrected chi connectivity index (χ3v) is 11.5. The summed E-state index contributed by atoms with van der Waals surface area (Å²) in [5.41, 5.74) is 3.53.